The first-order valence-electron chi connectivity index (χ1n) is 11.0. The number of anilines is 1. The van der Waals surface area contributed by atoms with Crippen LogP contribution in [0.3, 0.4) is 0 Å². The number of rotatable bonds is 13. The van der Waals surface area contributed by atoms with Crippen molar-refractivity contribution < 1.29 is 9.59 Å². The second-order valence-electron chi connectivity index (χ2n) is 7.58. The maximum Gasteiger partial charge on any atom is 0.224 e. The number of benzene rings is 1. The quantitative estimate of drug-likeness (QED) is 0.113. The van der Waals surface area contributed by atoms with Crippen LogP contribution in [0, 0.1) is 0 Å². The molecule has 1 heterocycles. The fourth-order valence-electron chi connectivity index (χ4n) is 3.30. The molecule has 0 saturated heterocycles. The van der Waals surface area contributed by atoms with Crippen molar-refractivity contribution in [2.45, 2.75) is 37.9 Å². The number of nitrogens with zero attached hydrogens (tertiary/aromatic N) is 3. The molecular formula is C24H33N7O2S. The Morgan fingerprint density at radius 3 is 2.56 bits per heavy atom. The molecule has 0 bridgehead atoms. The molecule has 0 fully saturated rings. The molecule has 1 unspecified atom stereocenters. The first kappa shape index (κ1) is 26.9. The number of hydrogen-bond acceptors (Lipinski definition) is 7. The van der Waals surface area contributed by atoms with E-state index in [2.05, 4.69) is 40.4 Å². The van der Waals surface area contributed by atoms with Crippen LogP contribution in [0.15, 0.2) is 60.0 Å². The fraction of sp³-hybridized carbons (Fsp3) is 0.333. The van der Waals surface area contributed by atoms with Gasteiger partial charge in [-0.15, -0.1) is 0 Å². The minimum atomic E-state index is -0.143. The lowest BCUT2D eigenvalue weighted by Gasteiger charge is -2.26. The molecule has 0 saturated carbocycles. The minimum absolute atomic E-state index is 0.0162. The zero-order chi connectivity index (χ0) is 24.9. The molecular weight excluding hydrogens is 450 g/mol. The van der Waals surface area contributed by atoms with Crippen LogP contribution < -0.4 is 22.4 Å². The van der Waals surface area contributed by atoms with Crippen molar-refractivity contribution in [3.05, 3.63) is 71.7 Å². The minimum Gasteiger partial charge on any atom is -0.326 e. The van der Waals surface area contributed by atoms with Crippen molar-refractivity contribution in [1.29, 1.82) is 0 Å². The van der Waals surface area contributed by atoms with Gasteiger partial charge in [-0.3, -0.25) is 14.6 Å². The average Bonchev–Trinajstić information content (AvgIpc) is 2.87. The molecule has 0 aliphatic carbocycles. The highest BCUT2D eigenvalue weighted by Gasteiger charge is 2.19. The number of amides is 2. The number of aryl methyl sites for hydroxylation is 1. The van der Waals surface area contributed by atoms with E-state index in [0.717, 1.165) is 18.5 Å². The second-order valence-corrected chi connectivity index (χ2v) is 8.62. The standard InChI is InChI=1S/C24H33N7O2S/c1-4-18-7-10-21(27-15-18)14-22(34-3)17(2)31(16-32)13-5-6-23(33)28-20-11-8-19(9-12-20)24(29-25)30-26/h7-12,15-16,22H,2,4-6,13-14,25-26H2,1,3H3,(H,28,33)(H,29,30). The van der Waals surface area contributed by atoms with E-state index in [1.54, 1.807) is 40.9 Å². The summed E-state index contributed by atoms with van der Waals surface area (Å²) < 4.78 is 0. The Balaban J connectivity index is 1.85. The normalized spacial score (nSPS) is 12.0. The Morgan fingerprint density at radius 2 is 2.03 bits per heavy atom. The first-order chi connectivity index (χ1) is 16.4. The third-order valence-corrected chi connectivity index (χ3v) is 6.36. The maximum atomic E-state index is 12.3. The Hall–Kier alpha value is -3.37. The van der Waals surface area contributed by atoms with E-state index in [0.29, 0.717) is 42.2 Å². The number of carbonyl (C=O) groups excluding carboxylic acids is 2. The van der Waals surface area contributed by atoms with Crippen molar-refractivity contribution in [3.8, 4) is 0 Å². The Kier molecular flexibility index (Phi) is 11.1. The summed E-state index contributed by atoms with van der Waals surface area (Å²) in [5.41, 5.74) is 6.60. The first-order valence-corrected chi connectivity index (χ1v) is 12.3. The van der Waals surface area contributed by atoms with Crippen LogP contribution in [0.5, 0.6) is 0 Å². The van der Waals surface area contributed by atoms with Crippen molar-refractivity contribution in [2.24, 2.45) is 16.8 Å². The van der Waals surface area contributed by atoms with E-state index in [9.17, 15) is 9.59 Å². The van der Waals surface area contributed by atoms with Gasteiger partial charge in [0.2, 0.25) is 12.3 Å². The van der Waals surface area contributed by atoms with Gasteiger partial charge >= 0.3 is 0 Å². The third kappa shape index (κ3) is 7.89. The van der Waals surface area contributed by atoms with E-state index in [1.165, 1.54) is 5.56 Å². The van der Waals surface area contributed by atoms with Crippen molar-refractivity contribution in [1.82, 2.24) is 15.3 Å². The molecule has 0 aliphatic rings. The zero-order valence-corrected chi connectivity index (χ0v) is 20.5. The van der Waals surface area contributed by atoms with Crippen molar-refractivity contribution in [3.63, 3.8) is 0 Å². The molecule has 1 aromatic carbocycles. The van der Waals surface area contributed by atoms with Crippen LogP contribution in [0.2, 0.25) is 0 Å². The number of aromatic nitrogens is 1. The molecule has 10 heteroatoms. The number of carbonyl (C=O) groups is 2. The SMILES string of the molecule is C=C(C(Cc1ccc(CC)cn1)SC)N(C=O)CCCC(=O)Nc1ccc(/C(=N/N)NN)cc1. The summed E-state index contributed by atoms with van der Waals surface area (Å²) in [7, 11) is 0. The highest BCUT2D eigenvalue weighted by Crippen LogP contribution is 2.22. The molecule has 0 aliphatic heterocycles. The Bertz CT molecular complexity index is 978. The summed E-state index contributed by atoms with van der Waals surface area (Å²) >= 11 is 1.63. The van der Waals surface area contributed by atoms with Crippen LogP contribution in [0.25, 0.3) is 0 Å². The summed E-state index contributed by atoms with van der Waals surface area (Å²) in [6, 6.07) is 11.1. The van der Waals surface area contributed by atoms with Crippen LogP contribution >= 0.6 is 11.8 Å². The number of hydrazine groups is 1. The van der Waals surface area contributed by atoms with Crippen molar-refractivity contribution >= 4 is 35.6 Å². The third-order valence-electron chi connectivity index (χ3n) is 5.35. The molecule has 2 rings (SSSR count). The molecule has 0 radical (unpaired) electrons. The van der Waals surface area contributed by atoms with Gasteiger partial charge in [0.1, 0.15) is 0 Å². The number of amidine groups is 1. The number of thioether (sulfide) groups is 1. The zero-order valence-electron chi connectivity index (χ0n) is 19.7. The molecule has 2 aromatic rings. The summed E-state index contributed by atoms with van der Waals surface area (Å²) in [5, 5.41) is 6.40. The smallest absolute Gasteiger partial charge is 0.224 e. The lowest BCUT2D eigenvalue weighted by Crippen LogP contribution is -2.32. The van der Waals surface area contributed by atoms with Gasteiger partial charge in [0.05, 0.1) is 0 Å². The second kappa shape index (κ2) is 14.0. The van der Waals surface area contributed by atoms with Crippen molar-refractivity contribution in [2.75, 3.05) is 18.1 Å². The highest BCUT2D eigenvalue weighted by molar-refractivity contribution is 7.99. The number of nitrogens with two attached hydrogens (primary N) is 2. The monoisotopic (exact) mass is 483 g/mol. The van der Waals surface area contributed by atoms with Crippen LogP contribution in [0.1, 0.15) is 36.6 Å². The predicted octanol–water partition coefficient (Wildman–Crippen LogP) is 2.39. The molecule has 182 valence electrons. The van der Waals surface area contributed by atoms with Gasteiger partial charge in [-0.2, -0.15) is 16.9 Å². The van der Waals surface area contributed by atoms with Gasteiger partial charge in [0.25, 0.3) is 0 Å². The van der Waals surface area contributed by atoms with Gasteiger partial charge in [-0.1, -0.05) is 19.6 Å². The maximum absolute atomic E-state index is 12.3. The van der Waals surface area contributed by atoms with Crippen LogP contribution in [-0.4, -0.2) is 46.1 Å². The molecule has 34 heavy (non-hydrogen) atoms. The van der Waals surface area contributed by atoms with Gasteiger partial charge in [0, 0.05) is 53.5 Å². The lowest BCUT2D eigenvalue weighted by atomic mass is 10.1. The van der Waals surface area contributed by atoms with E-state index >= 15 is 0 Å². The number of hydrazone groups is 1. The van der Waals surface area contributed by atoms with E-state index in [4.69, 9.17) is 11.7 Å². The van der Waals surface area contributed by atoms with Crippen LogP contribution in [0.4, 0.5) is 5.69 Å². The van der Waals surface area contributed by atoms with Gasteiger partial charge in [0.15, 0.2) is 5.84 Å². The summed E-state index contributed by atoms with van der Waals surface area (Å²) in [4.78, 5) is 30.1. The molecule has 1 atom stereocenters. The Morgan fingerprint density at radius 1 is 1.29 bits per heavy atom. The largest absolute Gasteiger partial charge is 0.326 e. The van der Waals surface area contributed by atoms with Gasteiger partial charge < -0.3 is 21.5 Å². The molecule has 2 amide bonds. The molecule has 6 N–H and O–H groups in total. The number of hydrogen-bond donors (Lipinski definition) is 4. The highest BCUT2D eigenvalue weighted by atomic mass is 32.2. The van der Waals surface area contributed by atoms with Gasteiger partial charge in [-0.05, 0) is 55.0 Å². The summed E-state index contributed by atoms with van der Waals surface area (Å²) in [6.45, 7) is 6.64. The van der Waals surface area contributed by atoms with Gasteiger partial charge in [-0.25, -0.2) is 5.84 Å². The molecule has 9 nitrogen and oxygen atoms in total. The topological polar surface area (TPSA) is 139 Å². The predicted molar refractivity (Wildman–Crippen MR) is 139 cm³/mol. The summed E-state index contributed by atoms with van der Waals surface area (Å²) in [6.07, 6.45) is 7.05. The number of pyridine rings is 1. The Labute approximate surface area is 205 Å². The van der Waals surface area contributed by atoms with E-state index < -0.39 is 0 Å². The molecule has 0 spiro atoms. The lowest BCUT2D eigenvalue weighted by molar-refractivity contribution is -0.118. The van der Waals surface area contributed by atoms with E-state index in [1.807, 2.05) is 18.5 Å². The average molecular weight is 484 g/mol. The van der Waals surface area contributed by atoms with E-state index in [-0.39, 0.29) is 17.6 Å². The number of nitrogens with one attached hydrogen (secondary N) is 2. The molecule has 1 aromatic heterocycles. The summed E-state index contributed by atoms with van der Waals surface area (Å²) in [5.74, 6) is 10.8. The fourth-order valence-corrected chi connectivity index (χ4v) is 4.05. The van der Waals surface area contributed by atoms with Crippen LogP contribution in [-0.2, 0) is 22.4 Å².